The molecule has 1 aromatic carbocycles. The predicted molar refractivity (Wildman–Crippen MR) is 102 cm³/mol. The summed E-state index contributed by atoms with van der Waals surface area (Å²) in [4.78, 5) is 13.6. The molecule has 1 aliphatic heterocycles. The maximum absolute atomic E-state index is 5.94. The lowest BCUT2D eigenvalue weighted by molar-refractivity contribution is -0.0298. The summed E-state index contributed by atoms with van der Waals surface area (Å²) in [7, 11) is 0. The summed E-state index contributed by atoms with van der Waals surface area (Å²) in [5, 5.41) is 4.00. The van der Waals surface area contributed by atoms with Crippen LogP contribution in [0.25, 0.3) is 11.2 Å². The van der Waals surface area contributed by atoms with Gasteiger partial charge in [-0.3, -0.25) is 4.57 Å². The van der Waals surface area contributed by atoms with Gasteiger partial charge in [-0.1, -0.05) is 11.6 Å². The van der Waals surface area contributed by atoms with Gasteiger partial charge in [-0.05, 0) is 43.5 Å². The second-order valence-corrected chi connectivity index (χ2v) is 7.02. The standard InChI is InChI=1S/C16H15ClIN5O/c17-10-4-6-11(7-5-10)20-14-13-15(22-16(18)21-14)23(9-19-13)12-3-1-2-8-24-12/h4-7,9,12H,1-3,8H2,(H,20,21,22). The van der Waals surface area contributed by atoms with Crippen molar-refractivity contribution >= 4 is 56.9 Å². The summed E-state index contributed by atoms with van der Waals surface area (Å²) < 4.78 is 8.53. The van der Waals surface area contributed by atoms with Gasteiger partial charge in [-0.25, -0.2) is 15.0 Å². The normalized spacial score (nSPS) is 18.0. The molecule has 8 heteroatoms. The van der Waals surface area contributed by atoms with E-state index in [2.05, 4.69) is 42.9 Å². The monoisotopic (exact) mass is 455 g/mol. The van der Waals surface area contributed by atoms with Crippen LogP contribution >= 0.6 is 34.2 Å². The highest BCUT2D eigenvalue weighted by Gasteiger charge is 2.21. The predicted octanol–water partition coefficient (Wildman–Crippen LogP) is 4.53. The molecule has 1 unspecified atom stereocenters. The molecule has 0 aliphatic carbocycles. The molecule has 124 valence electrons. The molecule has 1 atom stereocenters. The highest BCUT2D eigenvalue weighted by molar-refractivity contribution is 14.1. The number of nitrogens with one attached hydrogen (secondary N) is 1. The number of ether oxygens (including phenoxy) is 1. The van der Waals surface area contributed by atoms with Crippen LogP contribution in [0.5, 0.6) is 0 Å². The molecule has 0 spiro atoms. The molecule has 3 aromatic rings. The lowest BCUT2D eigenvalue weighted by atomic mass is 10.2. The topological polar surface area (TPSA) is 64.9 Å². The van der Waals surface area contributed by atoms with Crippen molar-refractivity contribution in [3.63, 3.8) is 0 Å². The minimum atomic E-state index is -0.00201. The molecule has 24 heavy (non-hydrogen) atoms. The Hall–Kier alpha value is -1.45. The van der Waals surface area contributed by atoms with Crippen LogP contribution in [-0.4, -0.2) is 26.1 Å². The number of benzene rings is 1. The molecule has 1 fully saturated rings. The summed E-state index contributed by atoms with van der Waals surface area (Å²) >= 11 is 8.06. The van der Waals surface area contributed by atoms with Crippen LogP contribution in [0.4, 0.5) is 11.5 Å². The Labute approximate surface area is 157 Å². The van der Waals surface area contributed by atoms with Gasteiger partial charge in [0, 0.05) is 39.9 Å². The van der Waals surface area contributed by atoms with Gasteiger partial charge in [0.15, 0.2) is 20.8 Å². The summed E-state index contributed by atoms with van der Waals surface area (Å²) in [6.07, 6.45) is 5.03. The molecule has 6 nitrogen and oxygen atoms in total. The van der Waals surface area contributed by atoms with Crippen molar-refractivity contribution in [2.24, 2.45) is 0 Å². The average Bonchev–Trinajstić information content (AvgIpc) is 3.01. The first-order valence-electron chi connectivity index (χ1n) is 7.75. The number of anilines is 2. The van der Waals surface area contributed by atoms with E-state index in [9.17, 15) is 0 Å². The van der Waals surface area contributed by atoms with Crippen LogP contribution in [0.2, 0.25) is 5.02 Å². The van der Waals surface area contributed by atoms with Crippen molar-refractivity contribution in [1.82, 2.24) is 19.5 Å². The zero-order valence-electron chi connectivity index (χ0n) is 12.7. The van der Waals surface area contributed by atoms with Gasteiger partial charge in [0.05, 0.1) is 6.33 Å². The smallest absolute Gasteiger partial charge is 0.194 e. The van der Waals surface area contributed by atoms with Gasteiger partial charge in [0.2, 0.25) is 0 Å². The Kier molecular flexibility index (Phi) is 4.55. The zero-order valence-corrected chi connectivity index (χ0v) is 15.7. The molecule has 0 amide bonds. The second kappa shape index (κ2) is 6.81. The number of hydrogen-bond donors (Lipinski definition) is 1. The van der Waals surface area contributed by atoms with Gasteiger partial charge in [0.1, 0.15) is 6.23 Å². The van der Waals surface area contributed by atoms with E-state index >= 15 is 0 Å². The van der Waals surface area contributed by atoms with Crippen molar-refractivity contribution in [3.05, 3.63) is 39.4 Å². The van der Waals surface area contributed by atoms with Crippen LogP contribution in [0.3, 0.4) is 0 Å². The van der Waals surface area contributed by atoms with Crippen molar-refractivity contribution in [2.75, 3.05) is 11.9 Å². The van der Waals surface area contributed by atoms with E-state index in [0.29, 0.717) is 14.7 Å². The number of halogens is 2. The lowest BCUT2D eigenvalue weighted by Gasteiger charge is -2.23. The van der Waals surface area contributed by atoms with Crippen molar-refractivity contribution < 1.29 is 4.74 Å². The molecule has 1 aliphatic rings. The molecule has 0 saturated carbocycles. The van der Waals surface area contributed by atoms with Gasteiger partial charge < -0.3 is 10.1 Å². The third kappa shape index (κ3) is 3.20. The fourth-order valence-corrected chi connectivity index (χ4v) is 3.40. The van der Waals surface area contributed by atoms with E-state index in [1.54, 1.807) is 6.33 Å². The second-order valence-electron chi connectivity index (χ2n) is 5.62. The summed E-state index contributed by atoms with van der Waals surface area (Å²) in [6.45, 7) is 0.780. The quantitative estimate of drug-likeness (QED) is 0.464. The summed E-state index contributed by atoms with van der Waals surface area (Å²) in [6, 6.07) is 7.48. The third-order valence-electron chi connectivity index (χ3n) is 3.97. The van der Waals surface area contributed by atoms with E-state index < -0.39 is 0 Å². The van der Waals surface area contributed by atoms with E-state index in [1.807, 2.05) is 28.8 Å². The first-order chi connectivity index (χ1) is 11.7. The van der Waals surface area contributed by atoms with Gasteiger partial charge in [-0.15, -0.1) is 0 Å². The van der Waals surface area contributed by atoms with Crippen LogP contribution < -0.4 is 5.32 Å². The van der Waals surface area contributed by atoms with E-state index in [1.165, 1.54) is 0 Å². The van der Waals surface area contributed by atoms with E-state index in [-0.39, 0.29) is 6.23 Å². The molecule has 3 heterocycles. The molecule has 4 rings (SSSR count). The summed E-state index contributed by atoms with van der Waals surface area (Å²) in [5.41, 5.74) is 2.43. The number of hydrogen-bond acceptors (Lipinski definition) is 5. The molecule has 1 N–H and O–H groups in total. The highest BCUT2D eigenvalue weighted by atomic mass is 127. The average molecular weight is 456 g/mol. The molecular formula is C16H15ClIN5O. The summed E-state index contributed by atoms with van der Waals surface area (Å²) in [5.74, 6) is 0.682. The Balaban J connectivity index is 1.73. The van der Waals surface area contributed by atoms with Gasteiger partial charge in [0.25, 0.3) is 0 Å². The maximum Gasteiger partial charge on any atom is 0.194 e. The number of rotatable bonds is 3. The fraction of sp³-hybridized carbons (Fsp3) is 0.312. The van der Waals surface area contributed by atoms with Crippen molar-refractivity contribution in [2.45, 2.75) is 25.5 Å². The van der Waals surface area contributed by atoms with Gasteiger partial charge in [-0.2, -0.15) is 0 Å². The fourth-order valence-electron chi connectivity index (χ4n) is 2.80. The highest BCUT2D eigenvalue weighted by Crippen LogP contribution is 2.29. The molecule has 0 radical (unpaired) electrons. The molecule has 0 bridgehead atoms. The van der Waals surface area contributed by atoms with Crippen LogP contribution in [0.15, 0.2) is 30.6 Å². The number of aromatic nitrogens is 4. The number of nitrogens with zero attached hydrogens (tertiary/aromatic N) is 4. The largest absolute Gasteiger partial charge is 0.358 e. The minimum Gasteiger partial charge on any atom is -0.358 e. The Morgan fingerprint density at radius 2 is 2.04 bits per heavy atom. The van der Waals surface area contributed by atoms with E-state index in [4.69, 9.17) is 16.3 Å². The third-order valence-corrected chi connectivity index (χ3v) is 4.70. The Bertz CT molecular complexity index is 861. The van der Waals surface area contributed by atoms with Crippen LogP contribution in [0.1, 0.15) is 25.5 Å². The van der Waals surface area contributed by atoms with Crippen LogP contribution in [-0.2, 0) is 4.74 Å². The Morgan fingerprint density at radius 1 is 1.21 bits per heavy atom. The van der Waals surface area contributed by atoms with Gasteiger partial charge >= 0.3 is 0 Å². The Morgan fingerprint density at radius 3 is 2.79 bits per heavy atom. The number of imidazole rings is 1. The number of fused-ring (bicyclic) bond motifs is 1. The minimum absolute atomic E-state index is 0.00201. The lowest BCUT2D eigenvalue weighted by Crippen LogP contribution is -2.18. The SMILES string of the molecule is Clc1ccc(Nc2nc(I)nc3c2ncn3C2CCCCO2)cc1. The van der Waals surface area contributed by atoms with Crippen molar-refractivity contribution in [3.8, 4) is 0 Å². The van der Waals surface area contributed by atoms with E-state index in [0.717, 1.165) is 42.7 Å². The zero-order chi connectivity index (χ0) is 16.5. The first-order valence-corrected chi connectivity index (χ1v) is 9.20. The first kappa shape index (κ1) is 16.0. The maximum atomic E-state index is 5.94. The molecular weight excluding hydrogens is 441 g/mol. The molecule has 1 saturated heterocycles. The van der Waals surface area contributed by atoms with Crippen molar-refractivity contribution in [1.29, 1.82) is 0 Å². The molecule has 2 aromatic heterocycles. The van der Waals surface area contributed by atoms with Crippen LogP contribution in [0, 0.1) is 3.83 Å².